The number of Topliss-reactive ketones (excluding diaryl/α,β-unsaturated/α-hetero) is 1. The number of hydrogen-bond donors (Lipinski definition) is 2. The van der Waals surface area contributed by atoms with E-state index in [9.17, 15) is 4.79 Å². The van der Waals surface area contributed by atoms with Crippen LogP contribution >= 0.6 is 12.6 Å². The van der Waals surface area contributed by atoms with Gasteiger partial charge in [0.15, 0.2) is 0 Å². The molecule has 0 aliphatic rings. The van der Waals surface area contributed by atoms with Gasteiger partial charge in [-0.05, 0) is 19.1 Å². The molecule has 2 nitrogen and oxygen atoms in total. The molecule has 0 amide bonds. The topological polar surface area (TPSA) is 29.1 Å². The Morgan fingerprint density at radius 2 is 2.09 bits per heavy atom. The largest absolute Gasteiger partial charge is 0.305 e. The molecule has 0 aromatic rings. The lowest BCUT2D eigenvalue weighted by Crippen LogP contribution is -2.40. The van der Waals surface area contributed by atoms with E-state index in [1.807, 2.05) is 13.8 Å². The van der Waals surface area contributed by atoms with Gasteiger partial charge in [-0.3, -0.25) is 4.79 Å². The second-order valence-corrected chi connectivity index (χ2v) is 3.44. The van der Waals surface area contributed by atoms with Crippen LogP contribution in [0.2, 0.25) is 0 Å². The van der Waals surface area contributed by atoms with Crippen molar-refractivity contribution < 1.29 is 4.79 Å². The SMILES string of the molecule is CC(=O)C(CCS)NC(C)C. The summed E-state index contributed by atoms with van der Waals surface area (Å²) in [5.41, 5.74) is 0. The molecule has 0 aliphatic carbocycles. The molecule has 0 spiro atoms. The predicted molar refractivity (Wildman–Crippen MR) is 51.2 cm³/mol. The monoisotopic (exact) mass is 175 g/mol. The van der Waals surface area contributed by atoms with Gasteiger partial charge in [0, 0.05) is 6.04 Å². The zero-order chi connectivity index (χ0) is 8.85. The number of carbonyl (C=O) groups is 1. The summed E-state index contributed by atoms with van der Waals surface area (Å²) in [6.45, 7) is 5.69. The van der Waals surface area contributed by atoms with E-state index in [2.05, 4.69) is 17.9 Å². The highest BCUT2D eigenvalue weighted by molar-refractivity contribution is 7.80. The molecule has 1 atom stereocenters. The van der Waals surface area contributed by atoms with Crippen molar-refractivity contribution in [2.24, 2.45) is 0 Å². The Bertz CT molecular complexity index is 125. The Morgan fingerprint density at radius 3 is 2.36 bits per heavy atom. The summed E-state index contributed by atoms with van der Waals surface area (Å²) in [6, 6.07) is 0.358. The summed E-state index contributed by atoms with van der Waals surface area (Å²) in [6.07, 6.45) is 0.816. The third-order valence-electron chi connectivity index (χ3n) is 1.44. The van der Waals surface area contributed by atoms with Crippen LogP contribution in [0, 0.1) is 0 Å². The Kier molecular flexibility index (Phi) is 5.60. The molecule has 3 heteroatoms. The zero-order valence-electron chi connectivity index (χ0n) is 7.42. The van der Waals surface area contributed by atoms with Gasteiger partial charge < -0.3 is 5.32 Å². The van der Waals surface area contributed by atoms with Crippen LogP contribution in [0.1, 0.15) is 27.2 Å². The molecule has 0 rings (SSSR count). The molecule has 0 bridgehead atoms. The minimum absolute atomic E-state index is 0.00694. The quantitative estimate of drug-likeness (QED) is 0.616. The number of hydrogen-bond acceptors (Lipinski definition) is 3. The molecule has 0 aromatic carbocycles. The molecule has 11 heavy (non-hydrogen) atoms. The summed E-state index contributed by atoms with van der Waals surface area (Å²) in [7, 11) is 0. The van der Waals surface area contributed by atoms with Gasteiger partial charge in [0.05, 0.1) is 6.04 Å². The minimum Gasteiger partial charge on any atom is -0.305 e. The summed E-state index contributed by atoms with van der Waals surface area (Å²) in [4.78, 5) is 11.0. The molecule has 0 saturated heterocycles. The van der Waals surface area contributed by atoms with E-state index in [0.717, 1.165) is 12.2 Å². The van der Waals surface area contributed by atoms with Gasteiger partial charge in [-0.1, -0.05) is 13.8 Å². The maximum atomic E-state index is 11.0. The van der Waals surface area contributed by atoms with E-state index in [0.29, 0.717) is 6.04 Å². The van der Waals surface area contributed by atoms with Crippen LogP contribution in [0.15, 0.2) is 0 Å². The summed E-state index contributed by atoms with van der Waals surface area (Å²) in [5, 5.41) is 3.18. The Labute approximate surface area is 74.2 Å². The molecule has 0 heterocycles. The Hall–Kier alpha value is -0.0200. The molecule has 1 N–H and O–H groups in total. The third-order valence-corrected chi connectivity index (χ3v) is 1.70. The number of thiol groups is 1. The van der Waals surface area contributed by atoms with E-state index < -0.39 is 0 Å². The van der Waals surface area contributed by atoms with Crippen LogP contribution < -0.4 is 5.32 Å². The summed E-state index contributed by atoms with van der Waals surface area (Å²) in [5.74, 6) is 0.956. The Morgan fingerprint density at radius 1 is 1.55 bits per heavy atom. The van der Waals surface area contributed by atoms with Gasteiger partial charge in [-0.15, -0.1) is 0 Å². The van der Waals surface area contributed by atoms with Crippen LogP contribution in [0.4, 0.5) is 0 Å². The maximum Gasteiger partial charge on any atom is 0.146 e. The molecule has 0 fully saturated rings. The average molecular weight is 175 g/mol. The van der Waals surface area contributed by atoms with E-state index >= 15 is 0 Å². The molecule has 1 unspecified atom stereocenters. The van der Waals surface area contributed by atoms with Gasteiger partial charge in [0.1, 0.15) is 5.78 Å². The number of ketones is 1. The first-order valence-corrected chi connectivity index (χ1v) is 4.58. The van der Waals surface area contributed by atoms with Crippen molar-refractivity contribution in [1.29, 1.82) is 0 Å². The first-order valence-electron chi connectivity index (χ1n) is 3.95. The highest BCUT2D eigenvalue weighted by Gasteiger charge is 2.12. The highest BCUT2D eigenvalue weighted by Crippen LogP contribution is 1.97. The smallest absolute Gasteiger partial charge is 0.146 e. The third kappa shape index (κ3) is 5.27. The van der Waals surface area contributed by atoms with Gasteiger partial charge in [-0.2, -0.15) is 12.6 Å². The molecule has 66 valence electrons. The Balaban J connectivity index is 3.79. The zero-order valence-corrected chi connectivity index (χ0v) is 8.32. The lowest BCUT2D eigenvalue weighted by molar-refractivity contribution is -0.119. The van der Waals surface area contributed by atoms with Gasteiger partial charge in [-0.25, -0.2) is 0 Å². The first kappa shape index (κ1) is 11.0. The lowest BCUT2D eigenvalue weighted by atomic mass is 10.1. The van der Waals surface area contributed by atoms with Crippen molar-refractivity contribution in [3.05, 3.63) is 0 Å². The van der Waals surface area contributed by atoms with Gasteiger partial charge in [0.25, 0.3) is 0 Å². The molecule has 0 saturated carbocycles. The fraction of sp³-hybridized carbons (Fsp3) is 0.875. The van der Waals surface area contributed by atoms with Crippen molar-refractivity contribution >= 4 is 18.4 Å². The van der Waals surface area contributed by atoms with E-state index in [1.165, 1.54) is 0 Å². The highest BCUT2D eigenvalue weighted by atomic mass is 32.1. The van der Waals surface area contributed by atoms with Crippen LogP contribution in [0.3, 0.4) is 0 Å². The molecular weight excluding hydrogens is 158 g/mol. The van der Waals surface area contributed by atoms with E-state index in [-0.39, 0.29) is 11.8 Å². The fourth-order valence-electron chi connectivity index (χ4n) is 0.935. The number of rotatable bonds is 5. The lowest BCUT2D eigenvalue weighted by Gasteiger charge is -2.17. The van der Waals surface area contributed by atoms with Crippen molar-refractivity contribution in [3.63, 3.8) is 0 Å². The van der Waals surface area contributed by atoms with Gasteiger partial charge >= 0.3 is 0 Å². The fourth-order valence-corrected chi connectivity index (χ4v) is 1.19. The van der Waals surface area contributed by atoms with Crippen molar-refractivity contribution in [3.8, 4) is 0 Å². The van der Waals surface area contributed by atoms with Crippen LogP contribution in [-0.2, 0) is 4.79 Å². The molecule has 0 aliphatic heterocycles. The minimum atomic E-state index is -0.00694. The van der Waals surface area contributed by atoms with Crippen molar-refractivity contribution in [2.45, 2.75) is 39.3 Å². The van der Waals surface area contributed by atoms with Crippen LogP contribution in [0.5, 0.6) is 0 Å². The molecule has 0 radical (unpaired) electrons. The molecular formula is C8H17NOS. The van der Waals surface area contributed by atoms with Gasteiger partial charge in [0.2, 0.25) is 0 Å². The van der Waals surface area contributed by atoms with Crippen LogP contribution in [-0.4, -0.2) is 23.6 Å². The number of nitrogens with one attached hydrogen (secondary N) is 1. The van der Waals surface area contributed by atoms with Crippen molar-refractivity contribution in [2.75, 3.05) is 5.75 Å². The van der Waals surface area contributed by atoms with Crippen molar-refractivity contribution in [1.82, 2.24) is 5.32 Å². The second kappa shape index (κ2) is 5.61. The predicted octanol–water partition coefficient (Wildman–Crippen LogP) is 1.26. The normalized spacial score (nSPS) is 13.5. The van der Waals surface area contributed by atoms with E-state index in [4.69, 9.17) is 0 Å². The average Bonchev–Trinajstić information content (AvgIpc) is 1.86. The first-order chi connectivity index (χ1) is 5.07. The van der Waals surface area contributed by atoms with Crippen LogP contribution in [0.25, 0.3) is 0 Å². The summed E-state index contributed by atoms with van der Waals surface area (Å²) < 4.78 is 0. The van der Waals surface area contributed by atoms with E-state index in [1.54, 1.807) is 6.92 Å². The standard InChI is InChI=1S/C8H17NOS/c1-6(2)9-8(4-5-11)7(3)10/h6,8-9,11H,4-5H2,1-3H3. The summed E-state index contributed by atoms with van der Waals surface area (Å²) >= 11 is 4.08. The second-order valence-electron chi connectivity index (χ2n) is 3.00. The maximum absolute atomic E-state index is 11.0. The number of carbonyl (C=O) groups excluding carboxylic acids is 1. The molecule has 0 aromatic heterocycles.